The summed E-state index contributed by atoms with van der Waals surface area (Å²) >= 11 is 2.10. The van der Waals surface area contributed by atoms with E-state index in [9.17, 15) is 4.79 Å². The molecular weight excluding hydrogens is 381 g/mol. The minimum Gasteiger partial charge on any atom is -0.310 e. The van der Waals surface area contributed by atoms with Crippen LogP contribution < -0.4 is 5.32 Å². The molecule has 1 N–H and O–H groups in total. The second kappa shape index (κ2) is 5.47. The maximum absolute atomic E-state index is 12.3. The van der Waals surface area contributed by atoms with Crippen LogP contribution in [0, 0.1) is 3.57 Å². The van der Waals surface area contributed by atoms with Gasteiger partial charge in [-0.05, 0) is 41.6 Å². The summed E-state index contributed by atoms with van der Waals surface area (Å²) < 4.78 is 4.41. The molecule has 0 aliphatic rings. The molecule has 0 bridgehead atoms. The zero-order valence-corrected chi connectivity index (χ0v) is 13.8. The predicted octanol–water partition coefficient (Wildman–Crippen LogP) is 2.65. The summed E-state index contributed by atoms with van der Waals surface area (Å²) in [6, 6.07) is 7.82. The molecule has 0 unspecified atom stereocenters. The fraction of sp³-hybridized carbons (Fsp3) is 0.214. The number of imidazole rings is 1. The van der Waals surface area contributed by atoms with E-state index in [1.807, 2.05) is 35.8 Å². The standard InChI is InChI=1S/C14H14IN5O/c1-3-20-11-7-5-4-6-10(11)16-14(20)17-13(21)12-9(15)8-19(2)18-12/h4-8H,3H2,1-2H3,(H,16,17,21). The van der Waals surface area contributed by atoms with Gasteiger partial charge in [-0.15, -0.1) is 0 Å². The third kappa shape index (κ3) is 2.53. The summed E-state index contributed by atoms with van der Waals surface area (Å²) in [5.41, 5.74) is 2.28. The Kier molecular flexibility index (Phi) is 3.66. The number of aromatic nitrogens is 4. The minimum atomic E-state index is -0.245. The molecule has 2 aromatic heterocycles. The third-order valence-electron chi connectivity index (χ3n) is 3.20. The topological polar surface area (TPSA) is 64.7 Å². The first-order valence-electron chi connectivity index (χ1n) is 6.56. The molecule has 0 radical (unpaired) electrons. The highest BCUT2D eigenvalue weighted by atomic mass is 127. The van der Waals surface area contributed by atoms with Crippen molar-refractivity contribution in [3.8, 4) is 0 Å². The maximum atomic E-state index is 12.3. The van der Waals surface area contributed by atoms with Crippen LogP contribution in [0.25, 0.3) is 11.0 Å². The number of anilines is 1. The molecule has 7 heteroatoms. The van der Waals surface area contributed by atoms with E-state index in [1.54, 1.807) is 17.9 Å². The number of halogens is 1. The summed E-state index contributed by atoms with van der Waals surface area (Å²) in [6.45, 7) is 2.75. The van der Waals surface area contributed by atoms with Gasteiger partial charge in [0.15, 0.2) is 5.69 Å². The molecule has 0 saturated carbocycles. The van der Waals surface area contributed by atoms with E-state index in [-0.39, 0.29) is 5.91 Å². The highest BCUT2D eigenvalue weighted by molar-refractivity contribution is 14.1. The van der Waals surface area contributed by atoms with Crippen molar-refractivity contribution in [3.05, 3.63) is 39.7 Å². The number of carbonyl (C=O) groups excluding carboxylic acids is 1. The van der Waals surface area contributed by atoms with Gasteiger partial charge < -0.3 is 4.57 Å². The van der Waals surface area contributed by atoms with Crippen molar-refractivity contribution in [1.82, 2.24) is 19.3 Å². The zero-order chi connectivity index (χ0) is 15.0. The molecule has 1 amide bonds. The lowest BCUT2D eigenvalue weighted by molar-refractivity contribution is 0.101. The monoisotopic (exact) mass is 395 g/mol. The molecule has 21 heavy (non-hydrogen) atoms. The number of amides is 1. The summed E-state index contributed by atoms with van der Waals surface area (Å²) in [4.78, 5) is 16.8. The van der Waals surface area contributed by atoms with Crippen LogP contribution in [0.5, 0.6) is 0 Å². The lowest BCUT2D eigenvalue weighted by Gasteiger charge is -2.06. The number of benzene rings is 1. The number of aryl methyl sites for hydroxylation is 2. The largest absolute Gasteiger partial charge is 0.310 e. The lowest BCUT2D eigenvalue weighted by atomic mass is 10.3. The number of hydrogen-bond donors (Lipinski definition) is 1. The van der Waals surface area contributed by atoms with Crippen LogP contribution in [-0.4, -0.2) is 25.2 Å². The predicted molar refractivity (Wildman–Crippen MR) is 89.3 cm³/mol. The highest BCUT2D eigenvalue weighted by Crippen LogP contribution is 2.20. The number of fused-ring (bicyclic) bond motifs is 1. The van der Waals surface area contributed by atoms with Gasteiger partial charge in [0.2, 0.25) is 5.95 Å². The van der Waals surface area contributed by atoms with Crippen molar-refractivity contribution < 1.29 is 4.79 Å². The molecule has 6 nitrogen and oxygen atoms in total. The van der Waals surface area contributed by atoms with E-state index in [0.717, 1.165) is 21.1 Å². The fourth-order valence-electron chi connectivity index (χ4n) is 2.27. The molecule has 1 aromatic carbocycles. The number of rotatable bonds is 3. The van der Waals surface area contributed by atoms with E-state index in [4.69, 9.17) is 0 Å². The zero-order valence-electron chi connectivity index (χ0n) is 11.7. The molecule has 0 atom stereocenters. The van der Waals surface area contributed by atoms with Gasteiger partial charge in [0.1, 0.15) is 0 Å². The number of hydrogen-bond acceptors (Lipinski definition) is 3. The molecule has 0 aliphatic carbocycles. The maximum Gasteiger partial charge on any atom is 0.279 e. The fourth-order valence-corrected chi connectivity index (χ4v) is 3.02. The van der Waals surface area contributed by atoms with E-state index in [2.05, 4.69) is 38.0 Å². The lowest BCUT2D eigenvalue weighted by Crippen LogP contribution is -2.17. The normalized spacial score (nSPS) is 11.0. The second-order valence-electron chi connectivity index (χ2n) is 4.62. The first-order valence-corrected chi connectivity index (χ1v) is 7.63. The second-order valence-corrected chi connectivity index (χ2v) is 5.78. The molecule has 2 heterocycles. The molecule has 0 spiro atoms. The SMILES string of the molecule is CCn1c(NC(=O)c2nn(C)cc2I)nc2ccccc21. The van der Waals surface area contributed by atoms with Crippen LogP contribution in [-0.2, 0) is 13.6 Å². The molecule has 3 aromatic rings. The first kappa shape index (κ1) is 14.1. The first-order chi connectivity index (χ1) is 10.1. The number of carbonyl (C=O) groups is 1. The Hall–Kier alpha value is -1.90. The van der Waals surface area contributed by atoms with Crippen LogP contribution in [0.4, 0.5) is 5.95 Å². The average molecular weight is 395 g/mol. The van der Waals surface area contributed by atoms with Crippen LogP contribution in [0.2, 0.25) is 0 Å². The average Bonchev–Trinajstić information content (AvgIpc) is 2.97. The van der Waals surface area contributed by atoms with Gasteiger partial charge in [0.05, 0.1) is 14.6 Å². The van der Waals surface area contributed by atoms with E-state index in [0.29, 0.717) is 11.6 Å². The smallest absolute Gasteiger partial charge is 0.279 e. The van der Waals surface area contributed by atoms with Gasteiger partial charge in [-0.25, -0.2) is 4.98 Å². The van der Waals surface area contributed by atoms with E-state index in [1.165, 1.54) is 0 Å². The molecule has 0 saturated heterocycles. The van der Waals surface area contributed by atoms with Crippen molar-refractivity contribution in [1.29, 1.82) is 0 Å². The molecule has 0 aliphatic heterocycles. The summed E-state index contributed by atoms with van der Waals surface area (Å²) in [6.07, 6.45) is 1.80. The Morgan fingerprint density at radius 2 is 2.14 bits per heavy atom. The summed E-state index contributed by atoms with van der Waals surface area (Å²) in [5, 5.41) is 7.03. The van der Waals surface area contributed by atoms with Gasteiger partial charge in [-0.2, -0.15) is 5.10 Å². The Balaban J connectivity index is 1.98. The summed E-state index contributed by atoms with van der Waals surface area (Å²) in [7, 11) is 1.79. The van der Waals surface area contributed by atoms with Gasteiger partial charge in [-0.3, -0.25) is 14.8 Å². The van der Waals surface area contributed by atoms with Gasteiger partial charge in [-0.1, -0.05) is 12.1 Å². The number of para-hydroxylation sites is 2. The van der Waals surface area contributed by atoms with Crippen LogP contribution in [0.1, 0.15) is 17.4 Å². The van der Waals surface area contributed by atoms with Crippen LogP contribution in [0.3, 0.4) is 0 Å². The number of nitrogens with one attached hydrogen (secondary N) is 1. The van der Waals surface area contributed by atoms with Crippen molar-refractivity contribution in [2.75, 3.05) is 5.32 Å². The van der Waals surface area contributed by atoms with E-state index < -0.39 is 0 Å². The minimum absolute atomic E-state index is 0.245. The molecular formula is C14H14IN5O. The quantitative estimate of drug-likeness (QED) is 0.694. The molecule has 0 fully saturated rings. The Morgan fingerprint density at radius 3 is 2.81 bits per heavy atom. The van der Waals surface area contributed by atoms with Gasteiger partial charge in [0, 0.05) is 19.8 Å². The van der Waals surface area contributed by atoms with Gasteiger partial charge in [0.25, 0.3) is 5.91 Å². The molecule has 3 rings (SSSR count). The van der Waals surface area contributed by atoms with Crippen molar-refractivity contribution >= 4 is 45.5 Å². The van der Waals surface area contributed by atoms with E-state index >= 15 is 0 Å². The van der Waals surface area contributed by atoms with Crippen LogP contribution in [0.15, 0.2) is 30.5 Å². The van der Waals surface area contributed by atoms with Gasteiger partial charge >= 0.3 is 0 Å². The Labute approximate surface area is 135 Å². The van der Waals surface area contributed by atoms with Crippen LogP contribution >= 0.6 is 22.6 Å². The Morgan fingerprint density at radius 1 is 1.38 bits per heavy atom. The highest BCUT2D eigenvalue weighted by Gasteiger charge is 2.17. The van der Waals surface area contributed by atoms with Crippen molar-refractivity contribution in [3.63, 3.8) is 0 Å². The number of nitrogens with zero attached hydrogens (tertiary/aromatic N) is 4. The third-order valence-corrected chi connectivity index (χ3v) is 3.98. The van der Waals surface area contributed by atoms with Crippen molar-refractivity contribution in [2.24, 2.45) is 7.05 Å². The van der Waals surface area contributed by atoms with Crippen molar-refractivity contribution in [2.45, 2.75) is 13.5 Å². The molecule has 108 valence electrons. The summed E-state index contributed by atoms with van der Waals surface area (Å²) in [5.74, 6) is 0.301. The Bertz CT molecular complexity index is 820.